The smallest absolute Gasteiger partial charge is 0.309 e. The molecule has 2 heterocycles. The molecule has 2 aliphatic rings. The van der Waals surface area contributed by atoms with Gasteiger partial charge < -0.3 is 9.47 Å². The number of ether oxygens (including phenoxy) is 2. The van der Waals surface area contributed by atoms with Crippen LogP contribution in [0.3, 0.4) is 0 Å². The lowest BCUT2D eigenvalue weighted by Gasteiger charge is -2.33. The minimum atomic E-state index is -3.65. The number of benzene rings is 2. The molecular formula is C24H30N2O6S. The van der Waals surface area contributed by atoms with E-state index in [9.17, 15) is 13.2 Å². The number of esters is 1. The summed E-state index contributed by atoms with van der Waals surface area (Å²) in [5, 5.41) is 0.850. The molecule has 2 atom stereocenters. The van der Waals surface area contributed by atoms with Gasteiger partial charge in [0.2, 0.25) is 10.0 Å². The average molecular weight is 475 g/mol. The van der Waals surface area contributed by atoms with Crippen molar-refractivity contribution in [1.29, 1.82) is 0 Å². The molecule has 0 amide bonds. The van der Waals surface area contributed by atoms with Crippen LogP contribution < -0.4 is 4.74 Å². The Morgan fingerprint density at radius 1 is 1.06 bits per heavy atom. The van der Waals surface area contributed by atoms with Crippen molar-refractivity contribution < 1.29 is 27.5 Å². The molecule has 0 spiro atoms. The van der Waals surface area contributed by atoms with Gasteiger partial charge in [-0.05, 0) is 49.6 Å². The van der Waals surface area contributed by atoms with Gasteiger partial charge in [0.15, 0.2) is 0 Å². The van der Waals surface area contributed by atoms with Crippen molar-refractivity contribution in [2.24, 2.45) is 5.92 Å². The minimum Gasteiger partial charge on any atom is -0.466 e. The van der Waals surface area contributed by atoms with Gasteiger partial charge in [0.05, 0.1) is 25.2 Å². The van der Waals surface area contributed by atoms with Crippen LogP contribution in [0.1, 0.15) is 31.4 Å². The van der Waals surface area contributed by atoms with Crippen LogP contribution in [0.2, 0.25) is 0 Å². The van der Waals surface area contributed by atoms with Gasteiger partial charge >= 0.3 is 5.97 Å². The molecule has 4 rings (SSSR count). The zero-order chi connectivity index (χ0) is 23.4. The van der Waals surface area contributed by atoms with E-state index in [2.05, 4.69) is 0 Å². The van der Waals surface area contributed by atoms with Gasteiger partial charge in [0.1, 0.15) is 16.7 Å². The number of nitrogens with zero attached hydrogens (tertiary/aromatic N) is 2. The molecule has 8 nitrogen and oxygen atoms in total. The maximum Gasteiger partial charge on any atom is 0.309 e. The van der Waals surface area contributed by atoms with Crippen molar-refractivity contribution in [3.63, 3.8) is 0 Å². The normalized spacial score (nSPS) is 22.8. The maximum absolute atomic E-state index is 13.6. The molecule has 2 aromatic carbocycles. The van der Waals surface area contributed by atoms with Gasteiger partial charge in [0, 0.05) is 20.1 Å². The Labute approximate surface area is 195 Å². The number of sulfonamides is 1. The number of carbonyl (C=O) groups is 1. The van der Waals surface area contributed by atoms with E-state index in [-0.39, 0.29) is 18.5 Å². The summed E-state index contributed by atoms with van der Waals surface area (Å²) in [4.78, 5) is 17.7. The summed E-state index contributed by atoms with van der Waals surface area (Å²) in [5.41, 5.74) is 0.804. The Balaban J connectivity index is 1.50. The highest BCUT2D eigenvalue weighted by molar-refractivity contribution is 7.89. The van der Waals surface area contributed by atoms with Crippen molar-refractivity contribution in [1.82, 2.24) is 9.37 Å². The predicted octanol–water partition coefficient (Wildman–Crippen LogP) is 3.37. The predicted molar refractivity (Wildman–Crippen MR) is 123 cm³/mol. The summed E-state index contributed by atoms with van der Waals surface area (Å²) in [6.45, 7) is 2.78. The maximum atomic E-state index is 13.6. The second-order valence-electron chi connectivity index (χ2n) is 8.28. The van der Waals surface area contributed by atoms with E-state index in [1.54, 1.807) is 19.0 Å². The fourth-order valence-electron chi connectivity index (χ4n) is 4.45. The molecule has 0 N–H and O–H groups in total. The fourth-order valence-corrected chi connectivity index (χ4v) is 6.44. The summed E-state index contributed by atoms with van der Waals surface area (Å²) in [6, 6.07) is 16.4. The van der Waals surface area contributed by atoms with Crippen LogP contribution in [-0.4, -0.2) is 62.4 Å². The molecule has 178 valence electrons. The molecule has 2 saturated heterocycles. The van der Waals surface area contributed by atoms with Gasteiger partial charge in [-0.25, -0.2) is 12.7 Å². The number of para-hydroxylation sites is 1. The van der Waals surface area contributed by atoms with E-state index in [1.807, 2.05) is 54.6 Å². The van der Waals surface area contributed by atoms with Gasteiger partial charge in [-0.1, -0.05) is 30.3 Å². The number of hydrogen-bond donors (Lipinski definition) is 0. The van der Waals surface area contributed by atoms with Crippen LogP contribution in [-0.2, 0) is 24.4 Å². The molecule has 2 aliphatic heterocycles. The molecule has 0 bridgehead atoms. The Morgan fingerprint density at radius 2 is 1.76 bits per heavy atom. The Kier molecular flexibility index (Phi) is 7.33. The topological polar surface area (TPSA) is 85.4 Å². The lowest BCUT2D eigenvalue weighted by molar-refractivity contribution is -0.149. The molecular weight excluding hydrogens is 444 g/mol. The number of piperidine rings is 1. The van der Waals surface area contributed by atoms with Crippen molar-refractivity contribution in [2.75, 3.05) is 33.4 Å². The van der Waals surface area contributed by atoms with Crippen LogP contribution in [0.4, 0.5) is 0 Å². The van der Waals surface area contributed by atoms with E-state index in [4.69, 9.17) is 14.3 Å². The Bertz CT molecular complexity index is 1050. The third-order valence-corrected chi connectivity index (χ3v) is 8.43. The van der Waals surface area contributed by atoms with E-state index >= 15 is 0 Å². The fraction of sp³-hybridized carbons (Fsp3) is 0.458. The van der Waals surface area contributed by atoms with E-state index in [1.165, 1.54) is 4.31 Å². The molecule has 0 saturated carbocycles. The highest BCUT2D eigenvalue weighted by atomic mass is 32.2. The molecule has 9 heteroatoms. The van der Waals surface area contributed by atoms with Crippen molar-refractivity contribution in [3.05, 3.63) is 60.2 Å². The zero-order valence-corrected chi connectivity index (χ0v) is 19.7. The van der Waals surface area contributed by atoms with Crippen LogP contribution in [0, 0.1) is 5.92 Å². The van der Waals surface area contributed by atoms with Crippen LogP contribution in [0.5, 0.6) is 11.5 Å². The lowest BCUT2D eigenvalue weighted by atomic mass is 9.98. The molecule has 2 fully saturated rings. The third kappa shape index (κ3) is 5.22. The van der Waals surface area contributed by atoms with Gasteiger partial charge in [-0.2, -0.15) is 5.06 Å². The van der Waals surface area contributed by atoms with Crippen LogP contribution >= 0.6 is 0 Å². The monoisotopic (exact) mass is 474 g/mol. The highest BCUT2D eigenvalue weighted by Crippen LogP contribution is 2.37. The number of rotatable bonds is 7. The number of hydrogen-bond acceptors (Lipinski definition) is 7. The molecule has 33 heavy (non-hydrogen) atoms. The summed E-state index contributed by atoms with van der Waals surface area (Å²) < 4.78 is 39.7. The second-order valence-corrected chi connectivity index (χ2v) is 10.4. The second kappa shape index (κ2) is 10.2. The summed E-state index contributed by atoms with van der Waals surface area (Å²) in [7, 11) is -1.90. The van der Waals surface area contributed by atoms with Gasteiger partial charge in [0.25, 0.3) is 0 Å². The Morgan fingerprint density at radius 3 is 2.45 bits per heavy atom. The molecule has 0 aliphatic carbocycles. The number of carbonyl (C=O) groups excluding carboxylic acids is 1. The summed E-state index contributed by atoms with van der Waals surface area (Å²) in [5.74, 6) is 0.845. The van der Waals surface area contributed by atoms with Crippen molar-refractivity contribution in [3.8, 4) is 11.5 Å². The lowest BCUT2D eigenvalue weighted by Crippen LogP contribution is -2.46. The van der Waals surface area contributed by atoms with Gasteiger partial charge in [-0.3, -0.25) is 9.63 Å². The Hall–Kier alpha value is -2.46. The zero-order valence-electron chi connectivity index (χ0n) is 18.9. The van der Waals surface area contributed by atoms with Crippen LogP contribution in [0.15, 0.2) is 54.6 Å². The van der Waals surface area contributed by atoms with Crippen LogP contribution in [0.25, 0.3) is 0 Å². The molecule has 0 radical (unpaired) electrons. The first-order valence-electron chi connectivity index (χ1n) is 11.2. The third-order valence-electron chi connectivity index (χ3n) is 6.18. The van der Waals surface area contributed by atoms with E-state index < -0.39 is 21.3 Å². The SMILES string of the molecule is CCOC(=O)C1CCN(S(=O)(=O)[C@H]2CON(C)[C@@H]2c2cccc(Oc3ccccc3)c2)CC1. The summed E-state index contributed by atoms with van der Waals surface area (Å²) >= 11 is 0. The minimum absolute atomic E-state index is 0.0745. The van der Waals surface area contributed by atoms with E-state index in [0.717, 1.165) is 5.56 Å². The standard InChI is InChI=1S/C24H30N2O6S/c1-3-30-24(27)18-12-14-26(15-13-18)33(28,29)22-17-31-25(2)23(22)19-8-7-11-21(16-19)32-20-9-5-4-6-10-20/h4-11,16,18,22-23H,3,12-15,17H2,1-2H3/t22-,23+/m0/s1. The highest BCUT2D eigenvalue weighted by Gasteiger charge is 2.46. The largest absolute Gasteiger partial charge is 0.466 e. The first-order chi connectivity index (χ1) is 15.9. The molecule has 0 aromatic heterocycles. The summed E-state index contributed by atoms with van der Waals surface area (Å²) in [6.07, 6.45) is 0.930. The van der Waals surface area contributed by atoms with Gasteiger partial charge in [-0.15, -0.1) is 0 Å². The quantitative estimate of drug-likeness (QED) is 0.569. The molecule has 2 aromatic rings. The molecule has 0 unspecified atom stereocenters. The first kappa shape index (κ1) is 23.7. The van der Waals surface area contributed by atoms with E-state index in [0.29, 0.717) is 44.0 Å². The number of hydroxylamine groups is 2. The van der Waals surface area contributed by atoms with Crippen molar-refractivity contribution in [2.45, 2.75) is 31.1 Å². The first-order valence-corrected chi connectivity index (χ1v) is 12.7. The average Bonchev–Trinajstić information content (AvgIpc) is 3.22. The van der Waals surface area contributed by atoms with Crippen molar-refractivity contribution >= 4 is 16.0 Å².